The highest BCUT2D eigenvalue weighted by Gasteiger charge is 2.29. The average molecular weight is 184 g/mol. The Morgan fingerprint density at radius 3 is 1.08 bits per heavy atom. The maximum absolute atomic E-state index is 8.96. The molecule has 12 heavy (non-hydrogen) atoms. The van der Waals surface area contributed by atoms with Crippen LogP contribution in [0.4, 0.5) is 0 Å². The lowest BCUT2D eigenvalue weighted by molar-refractivity contribution is -0.123. The molecule has 0 aliphatic carbocycles. The molecule has 0 radical (unpaired) electrons. The van der Waals surface area contributed by atoms with Crippen LogP contribution < -0.4 is 0 Å². The van der Waals surface area contributed by atoms with Crippen molar-refractivity contribution in [2.45, 2.75) is 24.4 Å². The second kappa shape index (κ2) is 5.41. The highest BCUT2D eigenvalue weighted by Crippen LogP contribution is 2.03. The molecule has 6 N–H and O–H groups in total. The normalized spacial score (nSPS) is 21.5. The van der Waals surface area contributed by atoms with Gasteiger partial charge >= 0.3 is 0 Å². The van der Waals surface area contributed by atoms with Gasteiger partial charge < -0.3 is 30.6 Å². The zero-order valence-corrected chi connectivity index (χ0v) is 6.41. The molecule has 0 rings (SSSR count). The van der Waals surface area contributed by atoms with Crippen molar-refractivity contribution in [1.29, 1.82) is 0 Å². The van der Waals surface area contributed by atoms with Crippen LogP contribution in [0.15, 0.2) is 0 Å². The van der Waals surface area contributed by atoms with Crippen molar-refractivity contribution in [3.05, 3.63) is 0 Å². The van der Waals surface area contributed by atoms with Gasteiger partial charge in [-0.3, -0.25) is 0 Å². The smallest absolute Gasteiger partial charge is 0.111 e. The predicted octanol–water partition coefficient (Wildman–Crippen LogP) is -3.59. The second-order valence-electron chi connectivity index (χ2n) is 2.48. The molecule has 0 spiro atoms. The summed E-state index contributed by atoms with van der Waals surface area (Å²) >= 11 is 0. The monoisotopic (exact) mass is 184 g/mol. The largest absolute Gasteiger partial charge is 0.394 e. The highest BCUT2D eigenvalue weighted by molar-refractivity contribution is 4.79. The zero-order valence-electron chi connectivity index (χ0n) is 6.41. The predicted molar refractivity (Wildman–Crippen MR) is 38.2 cm³/mol. The van der Waals surface area contributed by atoms with Crippen LogP contribution in [0.5, 0.6) is 0 Å². The molecule has 0 saturated heterocycles. The fraction of sp³-hybridized carbons (Fsp3) is 1.00. The number of aliphatic hydroxyl groups excluding tert-OH is 6. The topological polar surface area (TPSA) is 121 Å². The van der Waals surface area contributed by atoms with Crippen LogP contribution in [0.2, 0.25) is 0 Å². The van der Waals surface area contributed by atoms with Crippen molar-refractivity contribution in [2.24, 2.45) is 0 Å². The van der Waals surface area contributed by atoms with E-state index in [9.17, 15) is 0 Å². The van der Waals surface area contributed by atoms with Crippen molar-refractivity contribution in [2.75, 3.05) is 13.2 Å². The Morgan fingerprint density at radius 2 is 0.917 bits per heavy atom. The summed E-state index contributed by atoms with van der Waals surface area (Å²) < 4.78 is 0. The van der Waals surface area contributed by atoms with E-state index in [1.54, 1.807) is 0 Å². The van der Waals surface area contributed by atoms with Crippen LogP contribution >= 0.6 is 0 Å². The van der Waals surface area contributed by atoms with Crippen molar-refractivity contribution >= 4 is 0 Å². The molecule has 0 aliphatic rings. The summed E-state index contributed by atoms with van der Waals surface area (Å²) in [5.41, 5.74) is 0. The number of rotatable bonds is 5. The molecule has 0 unspecified atom stereocenters. The Morgan fingerprint density at radius 1 is 0.667 bits per heavy atom. The van der Waals surface area contributed by atoms with Gasteiger partial charge in [0, 0.05) is 0 Å². The highest BCUT2D eigenvalue weighted by atomic mass is 16.4. The molecule has 0 aromatic carbocycles. The van der Waals surface area contributed by atoms with Crippen molar-refractivity contribution in [3.63, 3.8) is 0 Å². The Hall–Kier alpha value is -0.240. The van der Waals surface area contributed by atoms with E-state index in [4.69, 9.17) is 30.6 Å². The Bertz CT molecular complexity index is 105. The molecule has 0 aliphatic heterocycles. The summed E-state index contributed by atoms with van der Waals surface area (Å²) in [5.74, 6) is 0. The molecule has 6 nitrogen and oxygen atoms in total. The maximum Gasteiger partial charge on any atom is 0.111 e. The van der Waals surface area contributed by atoms with E-state index in [2.05, 4.69) is 0 Å². The van der Waals surface area contributed by atoms with Gasteiger partial charge in [0.25, 0.3) is 0 Å². The maximum atomic E-state index is 8.96. The first-order valence-corrected chi connectivity index (χ1v) is 3.48. The fourth-order valence-electron chi connectivity index (χ4n) is 0.671. The number of aliphatic hydroxyl groups is 6. The lowest BCUT2D eigenvalue weighted by Crippen LogP contribution is -2.46. The van der Waals surface area contributed by atoms with Crippen LogP contribution in [-0.4, -0.2) is 68.3 Å². The van der Waals surface area contributed by atoms with Crippen LogP contribution in [0.3, 0.4) is 0 Å². The average Bonchev–Trinajstić information content (AvgIpc) is 2.12. The van der Waals surface area contributed by atoms with Gasteiger partial charge in [0.15, 0.2) is 0 Å². The molecule has 4 atom stereocenters. The van der Waals surface area contributed by atoms with Crippen molar-refractivity contribution in [3.8, 4) is 0 Å². The van der Waals surface area contributed by atoms with Gasteiger partial charge in [-0.2, -0.15) is 0 Å². The van der Waals surface area contributed by atoms with E-state index < -0.39 is 37.6 Å². The van der Waals surface area contributed by atoms with Gasteiger partial charge in [0.2, 0.25) is 0 Å². The first kappa shape index (κ1) is 11.8. The van der Waals surface area contributed by atoms with Gasteiger partial charge in [0.1, 0.15) is 24.4 Å². The van der Waals surface area contributed by atoms with E-state index in [1.807, 2.05) is 0 Å². The van der Waals surface area contributed by atoms with Crippen LogP contribution in [0.25, 0.3) is 0 Å². The first-order valence-electron chi connectivity index (χ1n) is 3.48. The van der Waals surface area contributed by atoms with Crippen molar-refractivity contribution < 1.29 is 30.6 Å². The molecule has 0 aromatic rings. The molecule has 0 heterocycles. The van der Waals surface area contributed by atoms with Gasteiger partial charge in [-0.1, -0.05) is 0 Å². The Labute approximate surface area is 69.3 Å². The lowest BCUT2D eigenvalue weighted by atomic mass is 10.1. The van der Waals surface area contributed by atoms with E-state index in [-0.39, 0.29) is 0 Å². The number of hydrogen-bond donors (Lipinski definition) is 6. The third-order valence-electron chi connectivity index (χ3n) is 1.51. The van der Waals surface area contributed by atoms with Gasteiger partial charge in [-0.25, -0.2) is 0 Å². The number of hydrogen-bond acceptors (Lipinski definition) is 6. The van der Waals surface area contributed by atoms with Gasteiger partial charge in [-0.05, 0) is 0 Å². The Balaban J connectivity index is 3.99. The van der Waals surface area contributed by atoms with Crippen LogP contribution in [-0.2, 0) is 0 Å². The first-order chi connectivity index (χ1) is 5.54. The molecule has 74 valence electrons. The molecule has 0 amide bonds. The Kier molecular flexibility index (Phi) is 5.31. The SMILES string of the molecule is O[13CH2][C@@H](O)[C@@H](O)[C@H](O)[C@H](O)[13CH2]O. The fourth-order valence-corrected chi connectivity index (χ4v) is 0.671. The third-order valence-corrected chi connectivity index (χ3v) is 1.51. The lowest BCUT2D eigenvalue weighted by Gasteiger charge is -2.24. The minimum atomic E-state index is -1.67. The molecular weight excluding hydrogens is 170 g/mol. The van der Waals surface area contributed by atoms with Crippen molar-refractivity contribution in [1.82, 2.24) is 0 Å². The molecule has 0 bridgehead atoms. The standard InChI is InChI=1S/C6H14O6/c7-1-3(9)5(11)6(12)4(10)2-8/h3-12H,1-2H2/t3-,4-,5-,6-/m1/s1/i1+1,2+1. The summed E-state index contributed by atoms with van der Waals surface area (Å²) in [6, 6.07) is 0. The summed E-state index contributed by atoms with van der Waals surface area (Å²) in [4.78, 5) is 0. The molecule has 0 fully saturated rings. The van der Waals surface area contributed by atoms with E-state index in [0.29, 0.717) is 0 Å². The van der Waals surface area contributed by atoms with E-state index in [1.165, 1.54) is 0 Å². The quantitative estimate of drug-likeness (QED) is 0.246. The minimum absolute atomic E-state index is 0.726. The third kappa shape index (κ3) is 3.02. The molecule has 6 heteroatoms. The summed E-state index contributed by atoms with van der Waals surface area (Å²) in [5, 5.41) is 52.2. The van der Waals surface area contributed by atoms with Crippen LogP contribution in [0, 0.1) is 0 Å². The molecular formula is C6H14O6. The van der Waals surface area contributed by atoms with E-state index >= 15 is 0 Å². The van der Waals surface area contributed by atoms with Gasteiger partial charge in [0.05, 0.1) is 13.2 Å². The van der Waals surface area contributed by atoms with Gasteiger partial charge in [-0.15, -0.1) is 0 Å². The molecule has 0 saturated carbocycles. The second-order valence-corrected chi connectivity index (χ2v) is 2.48. The van der Waals surface area contributed by atoms with E-state index in [0.717, 1.165) is 0 Å². The zero-order chi connectivity index (χ0) is 9.72. The minimum Gasteiger partial charge on any atom is -0.394 e. The summed E-state index contributed by atoms with van der Waals surface area (Å²) in [6.45, 7) is -1.45. The molecule has 0 aromatic heterocycles. The summed E-state index contributed by atoms with van der Waals surface area (Å²) in [7, 11) is 0. The summed E-state index contributed by atoms with van der Waals surface area (Å²) in [6.07, 6.45) is -6.39. The van der Waals surface area contributed by atoms with Crippen LogP contribution in [0.1, 0.15) is 0 Å².